The van der Waals surface area contributed by atoms with Crippen molar-refractivity contribution in [3.8, 4) is 0 Å². The molecular weight excluding hydrogens is 523 g/mol. The van der Waals surface area contributed by atoms with E-state index in [0.29, 0.717) is 42.6 Å². The lowest BCUT2D eigenvalue weighted by Crippen LogP contribution is -2.38. The minimum atomic E-state index is -4.42. The Hall–Kier alpha value is -1.47. The van der Waals surface area contributed by atoms with Gasteiger partial charge in [0.15, 0.2) is 11.7 Å². The van der Waals surface area contributed by atoms with Crippen LogP contribution in [0.15, 0.2) is 28.6 Å². The smallest absolute Gasteiger partial charge is 0.380 e. The number of ether oxygens (including phenoxy) is 1. The van der Waals surface area contributed by atoms with Gasteiger partial charge in [-0.2, -0.15) is 13.2 Å². The van der Waals surface area contributed by atoms with Crippen molar-refractivity contribution in [3.05, 3.63) is 51.2 Å². The summed E-state index contributed by atoms with van der Waals surface area (Å²) in [5, 5.41) is 7.54. The first-order valence-corrected chi connectivity index (χ1v) is 9.51. The van der Waals surface area contributed by atoms with Gasteiger partial charge in [0.25, 0.3) is 0 Å². The van der Waals surface area contributed by atoms with Crippen molar-refractivity contribution in [2.75, 3.05) is 20.2 Å². The largest absolute Gasteiger partial charge is 0.434 e. The minimum absolute atomic E-state index is 0. The maximum atomic E-state index is 13.7. The molecule has 5 nitrogen and oxygen atoms in total. The zero-order valence-corrected chi connectivity index (χ0v) is 19.1. The third-order valence-electron chi connectivity index (χ3n) is 3.65. The Balaban J connectivity index is 0.00000420. The van der Waals surface area contributed by atoms with Gasteiger partial charge in [-0.05, 0) is 24.6 Å². The van der Waals surface area contributed by atoms with Gasteiger partial charge in [-0.25, -0.2) is 14.4 Å². The van der Waals surface area contributed by atoms with Gasteiger partial charge in [0.2, 0.25) is 0 Å². The maximum absolute atomic E-state index is 13.7. The zero-order valence-electron chi connectivity index (χ0n) is 16.0. The van der Waals surface area contributed by atoms with E-state index in [1.54, 1.807) is 12.1 Å². The molecule has 1 aromatic heterocycles. The van der Waals surface area contributed by atoms with E-state index in [9.17, 15) is 17.6 Å². The Morgan fingerprint density at radius 3 is 2.66 bits per heavy atom. The van der Waals surface area contributed by atoms with Gasteiger partial charge in [-0.1, -0.05) is 6.07 Å². The van der Waals surface area contributed by atoms with Gasteiger partial charge in [-0.3, -0.25) is 0 Å². The third kappa shape index (κ3) is 8.42. The summed E-state index contributed by atoms with van der Waals surface area (Å²) in [6, 6.07) is 4.72. The quantitative estimate of drug-likeness (QED) is 0.224. The first-order chi connectivity index (χ1) is 13.3. The van der Waals surface area contributed by atoms with Crippen LogP contribution in [0.4, 0.5) is 17.6 Å². The Morgan fingerprint density at radius 2 is 2.03 bits per heavy atom. The molecule has 0 aliphatic carbocycles. The number of hydrogen-bond acceptors (Lipinski definition) is 4. The summed E-state index contributed by atoms with van der Waals surface area (Å²) in [5.41, 5.74) is 0.411. The number of guanidine groups is 1. The first-order valence-electron chi connectivity index (χ1n) is 8.63. The molecule has 1 aromatic carbocycles. The molecule has 0 radical (unpaired) electrons. The summed E-state index contributed by atoms with van der Waals surface area (Å²) < 4.78 is 56.4. The molecular formula is C18H23F4IN4OS. The number of aromatic nitrogens is 1. The molecule has 0 bridgehead atoms. The van der Waals surface area contributed by atoms with Crippen molar-refractivity contribution in [1.82, 2.24) is 15.6 Å². The molecule has 0 saturated heterocycles. The summed E-state index contributed by atoms with van der Waals surface area (Å²) >= 11 is 0.980. The Kier molecular flexibility index (Phi) is 10.8. The monoisotopic (exact) mass is 546 g/mol. The molecule has 0 spiro atoms. The SMILES string of the molecule is CCNC(=NCc1ccc(F)c(COC)c1)NCCc1nc(C(F)(F)F)cs1.I. The van der Waals surface area contributed by atoms with E-state index >= 15 is 0 Å². The van der Waals surface area contributed by atoms with Crippen molar-refractivity contribution < 1.29 is 22.3 Å². The lowest BCUT2D eigenvalue weighted by Gasteiger charge is -2.11. The number of hydrogen-bond donors (Lipinski definition) is 2. The molecule has 2 aromatic rings. The number of halogens is 5. The third-order valence-corrected chi connectivity index (χ3v) is 4.56. The van der Waals surface area contributed by atoms with E-state index in [2.05, 4.69) is 20.6 Å². The predicted molar refractivity (Wildman–Crippen MR) is 116 cm³/mol. The molecule has 162 valence electrons. The topological polar surface area (TPSA) is 58.5 Å². The van der Waals surface area contributed by atoms with Crippen molar-refractivity contribution in [1.29, 1.82) is 0 Å². The molecule has 0 aliphatic heterocycles. The molecule has 29 heavy (non-hydrogen) atoms. The van der Waals surface area contributed by atoms with Crippen LogP contribution in [-0.4, -0.2) is 31.1 Å². The van der Waals surface area contributed by atoms with E-state index in [1.807, 2.05) is 6.92 Å². The number of nitrogens with zero attached hydrogens (tertiary/aromatic N) is 2. The van der Waals surface area contributed by atoms with Crippen LogP contribution in [0, 0.1) is 5.82 Å². The van der Waals surface area contributed by atoms with Gasteiger partial charge in [0.1, 0.15) is 5.82 Å². The lowest BCUT2D eigenvalue weighted by molar-refractivity contribution is -0.140. The summed E-state index contributed by atoms with van der Waals surface area (Å²) in [6.45, 7) is 3.41. The Morgan fingerprint density at radius 1 is 1.28 bits per heavy atom. The maximum Gasteiger partial charge on any atom is 0.434 e. The number of benzene rings is 1. The summed E-state index contributed by atoms with van der Waals surface area (Å²) in [5.74, 6) is 0.189. The molecule has 0 amide bonds. The van der Waals surface area contributed by atoms with Crippen LogP contribution in [-0.2, 0) is 30.5 Å². The summed E-state index contributed by atoms with van der Waals surface area (Å²) in [7, 11) is 1.50. The second-order valence-corrected chi connectivity index (χ2v) is 6.80. The standard InChI is InChI=1S/C18H22F4N4OS.HI/c1-3-23-17(24-7-6-16-26-15(11-28-16)18(20,21)22)25-9-12-4-5-14(19)13(8-12)10-27-2;/h4-5,8,11H,3,6-7,9-10H2,1-2H3,(H2,23,24,25);1H. The van der Waals surface area contributed by atoms with E-state index in [-0.39, 0.29) is 36.4 Å². The number of methoxy groups -OCH3 is 1. The molecule has 0 atom stereocenters. The van der Waals surface area contributed by atoms with Crippen molar-refractivity contribution in [2.45, 2.75) is 32.7 Å². The highest BCUT2D eigenvalue weighted by Crippen LogP contribution is 2.30. The fourth-order valence-electron chi connectivity index (χ4n) is 2.35. The van der Waals surface area contributed by atoms with Crippen LogP contribution in [0.5, 0.6) is 0 Å². The zero-order chi connectivity index (χ0) is 20.6. The Labute approximate surface area is 188 Å². The highest BCUT2D eigenvalue weighted by Gasteiger charge is 2.33. The van der Waals surface area contributed by atoms with Crippen molar-refractivity contribution in [3.63, 3.8) is 0 Å². The number of rotatable bonds is 8. The van der Waals surface area contributed by atoms with Crippen LogP contribution in [0.25, 0.3) is 0 Å². The molecule has 1 heterocycles. The van der Waals surface area contributed by atoms with Crippen LogP contribution in [0.1, 0.15) is 28.8 Å². The molecule has 2 N–H and O–H groups in total. The fourth-order valence-corrected chi connectivity index (χ4v) is 3.15. The van der Waals surface area contributed by atoms with Gasteiger partial charge in [-0.15, -0.1) is 35.3 Å². The molecule has 0 fully saturated rings. The summed E-state index contributed by atoms with van der Waals surface area (Å²) in [4.78, 5) is 8.02. The predicted octanol–water partition coefficient (Wildman–Crippen LogP) is 4.36. The highest BCUT2D eigenvalue weighted by molar-refractivity contribution is 14.0. The second kappa shape index (κ2) is 12.3. The molecule has 0 aliphatic rings. The molecule has 0 unspecified atom stereocenters. The van der Waals surface area contributed by atoms with E-state index in [0.717, 1.165) is 22.3 Å². The fraction of sp³-hybridized carbons (Fsp3) is 0.444. The number of nitrogens with one attached hydrogen (secondary N) is 2. The molecule has 11 heteroatoms. The lowest BCUT2D eigenvalue weighted by atomic mass is 10.1. The first kappa shape index (κ1) is 25.6. The van der Waals surface area contributed by atoms with Crippen molar-refractivity contribution in [2.24, 2.45) is 4.99 Å². The Bertz CT molecular complexity index is 798. The van der Waals surface area contributed by atoms with Gasteiger partial charge in [0.05, 0.1) is 18.2 Å². The van der Waals surface area contributed by atoms with E-state index in [4.69, 9.17) is 4.74 Å². The van der Waals surface area contributed by atoms with Gasteiger partial charge < -0.3 is 15.4 Å². The van der Waals surface area contributed by atoms with E-state index in [1.165, 1.54) is 13.2 Å². The van der Waals surface area contributed by atoms with Crippen molar-refractivity contribution >= 4 is 41.3 Å². The van der Waals surface area contributed by atoms with Crippen LogP contribution >= 0.6 is 35.3 Å². The normalized spacial score (nSPS) is 11.9. The van der Waals surface area contributed by atoms with Crippen LogP contribution in [0.3, 0.4) is 0 Å². The van der Waals surface area contributed by atoms with Crippen LogP contribution < -0.4 is 10.6 Å². The van der Waals surface area contributed by atoms with Gasteiger partial charge >= 0.3 is 6.18 Å². The van der Waals surface area contributed by atoms with E-state index < -0.39 is 11.9 Å². The van der Waals surface area contributed by atoms with Gasteiger partial charge in [0, 0.05) is 37.6 Å². The average Bonchev–Trinajstić information content (AvgIpc) is 3.12. The highest BCUT2D eigenvalue weighted by atomic mass is 127. The molecule has 2 rings (SSSR count). The average molecular weight is 546 g/mol. The number of thiazole rings is 1. The number of alkyl halides is 3. The minimum Gasteiger partial charge on any atom is -0.380 e. The van der Waals surface area contributed by atoms with Crippen LogP contribution in [0.2, 0.25) is 0 Å². The molecule has 0 saturated carbocycles. The number of aliphatic imine (C=N–C) groups is 1. The second-order valence-electron chi connectivity index (χ2n) is 5.85. The summed E-state index contributed by atoms with van der Waals surface area (Å²) in [6.07, 6.45) is -4.07.